The van der Waals surface area contributed by atoms with Crippen molar-refractivity contribution >= 4 is 17.8 Å². The first kappa shape index (κ1) is 35.2. The Morgan fingerprint density at radius 1 is 0.894 bits per heavy atom. The quantitative estimate of drug-likeness (QED) is 0.117. The van der Waals surface area contributed by atoms with Crippen molar-refractivity contribution in [3.05, 3.63) is 64.7 Å². The van der Waals surface area contributed by atoms with Gasteiger partial charge in [0.15, 0.2) is 0 Å². The van der Waals surface area contributed by atoms with E-state index in [9.17, 15) is 14.4 Å². The minimum absolute atomic E-state index is 0.0273. The van der Waals surface area contributed by atoms with Crippen LogP contribution < -0.4 is 4.74 Å². The lowest BCUT2D eigenvalue weighted by Gasteiger charge is -2.54. The minimum Gasteiger partial charge on any atom is -0.462 e. The lowest BCUT2D eigenvalue weighted by Crippen LogP contribution is -2.48. The first-order chi connectivity index (χ1) is 22.6. The Balaban J connectivity index is 1.24. The molecule has 0 saturated heterocycles. The van der Waals surface area contributed by atoms with Gasteiger partial charge in [-0.05, 0) is 116 Å². The highest BCUT2D eigenvalue weighted by atomic mass is 16.5. The molecule has 0 aromatic heterocycles. The summed E-state index contributed by atoms with van der Waals surface area (Å²) in [5.41, 5.74) is 5.42. The second-order valence-electron chi connectivity index (χ2n) is 15.0. The van der Waals surface area contributed by atoms with Gasteiger partial charge in [-0.15, -0.1) is 0 Å². The number of benzene rings is 2. The molecule has 0 spiro atoms. The molecule has 2 saturated carbocycles. The number of amides is 1. The molecule has 0 radical (unpaired) electrons. The molecule has 0 N–H and O–H groups in total. The van der Waals surface area contributed by atoms with E-state index in [0.717, 1.165) is 70.8 Å². The van der Waals surface area contributed by atoms with E-state index in [-0.39, 0.29) is 29.4 Å². The van der Waals surface area contributed by atoms with Crippen LogP contribution >= 0.6 is 0 Å². The van der Waals surface area contributed by atoms with Crippen LogP contribution in [0.2, 0.25) is 0 Å². The van der Waals surface area contributed by atoms with Crippen LogP contribution in [-0.4, -0.2) is 42.4 Å². The minimum atomic E-state index is -0.287. The average Bonchev–Trinajstić information content (AvgIpc) is 3.37. The predicted octanol–water partition coefficient (Wildman–Crippen LogP) is 8.94. The van der Waals surface area contributed by atoms with Crippen LogP contribution in [0.4, 0.5) is 0 Å². The summed E-state index contributed by atoms with van der Waals surface area (Å²) < 4.78 is 11.5. The molecule has 6 heteroatoms. The van der Waals surface area contributed by atoms with Gasteiger partial charge in [-0.1, -0.05) is 69.9 Å². The Morgan fingerprint density at radius 3 is 2.36 bits per heavy atom. The van der Waals surface area contributed by atoms with E-state index in [0.29, 0.717) is 35.8 Å². The molecule has 0 unspecified atom stereocenters. The van der Waals surface area contributed by atoms with E-state index in [1.807, 2.05) is 18.0 Å². The van der Waals surface area contributed by atoms with E-state index in [1.165, 1.54) is 48.4 Å². The maximum atomic E-state index is 12.3. The maximum Gasteiger partial charge on any atom is 0.308 e. The third kappa shape index (κ3) is 8.29. The summed E-state index contributed by atoms with van der Waals surface area (Å²) in [5, 5.41) is 0. The van der Waals surface area contributed by atoms with Gasteiger partial charge in [-0.25, -0.2) is 0 Å². The van der Waals surface area contributed by atoms with Gasteiger partial charge < -0.3 is 14.4 Å². The summed E-state index contributed by atoms with van der Waals surface area (Å²) in [6.45, 7) is 8.42. The molecule has 256 valence electrons. The van der Waals surface area contributed by atoms with Gasteiger partial charge in [0.2, 0.25) is 5.91 Å². The van der Waals surface area contributed by atoms with Crippen LogP contribution in [0.15, 0.2) is 42.5 Å². The monoisotopic (exact) mass is 643 g/mol. The zero-order valence-electron chi connectivity index (χ0n) is 29.5. The molecular weight excluding hydrogens is 586 g/mol. The van der Waals surface area contributed by atoms with E-state index >= 15 is 0 Å². The van der Waals surface area contributed by atoms with Crippen molar-refractivity contribution in [1.29, 1.82) is 0 Å². The van der Waals surface area contributed by atoms with Crippen molar-refractivity contribution in [3.63, 3.8) is 0 Å². The average molecular weight is 644 g/mol. The molecule has 0 aliphatic heterocycles. The highest BCUT2D eigenvalue weighted by molar-refractivity contribution is 5.75. The fourth-order valence-electron chi connectivity index (χ4n) is 9.37. The molecule has 3 aliphatic rings. The Labute approximate surface area is 283 Å². The number of hydrogen-bond donors (Lipinski definition) is 0. The van der Waals surface area contributed by atoms with Gasteiger partial charge in [0.25, 0.3) is 0 Å². The molecule has 2 aromatic carbocycles. The standard InChI is InChI=1S/C41H57NO5/c1-6-7-25-42(5)39(45)14-12-10-8-9-11-13-30-15-17-31(18-16-30)36-27-41(4)37(23-24-38(41)47-29(3)44)35-21-19-32-26-33(46-28(2)43)20-22-34(32)40(35)36/h15-18,20,22,26,35-38,40H,6-14,19,21,23-25,27H2,1-5H3/t35-,36+,37-,38-,40+,41-/m0/s1. The molecule has 6 atom stereocenters. The van der Waals surface area contributed by atoms with Crippen LogP contribution in [-0.2, 0) is 32.0 Å². The van der Waals surface area contributed by atoms with E-state index in [1.54, 1.807) is 6.92 Å². The number of ether oxygens (including phenoxy) is 2. The van der Waals surface area contributed by atoms with Gasteiger partial charge in [0.1, 0.15) is 11.9 Å². The third-order valence-electron chi connectivity index (χ3n) is 11.7. The van der Waals surface area contributed by atoms with Crippen molar-refractivity contribution in [2.45, 2.75) is 136 Å². The second-order valence-corrected chi connectivity index (χ2v) is 15.0. The zero-order chi connectivity index (χ0) is 33.6. The summed E-state index contributed by atoms with van der Waals surface area (Å²) in [7, 11) is 1.93. The normalized spacial score (nSPS) is 26.1. The summed E-state index contributed by atoms with van der Waals surface area (Å²) in [6.07, 6.45) is 14.7. The number of carbonyl (C=O) groups is 3. The first-order valence-corrected chi connectivity index (χ1v) is 18.4. The van der Waals surface area contributed by atoms with Gasteiger partial charge in [-0.2, -0.15) is 0 Å². The molecule has 2 fully saturated rings. The van der Waals surface area contributed by atoms with Crippen molar-refractivity contribution in [2.75, 3.05) is 13.6 Å². The summed E-state index contributed by atoms with van der Waals surface area (Å²) >= 11 is 0. The van der Waals surface area contributed by atoms with E-state index in [4.69, 9.17) is 9.47 Å². The molecule has 0 bridgehead atoms. The molecule has 5 rings (SSSR count). The number of esters is 2. The highest BCUT2D eigenvalue weighted by Crippen LogP contribution is 2.65. The Bertz CT molecular complexity index is 1380. The van der Waals surface area contributed by atoms with Crippen molar-refractivity contribution < 1.29 is 23.9 Å². The van der Waals surface area contributed by atoms with Crippen LogP contribution in [0, 0.1) is 17.3 Å². The third-order valence-corrected chi connectivity index (χ3v) is 11.7. The smallest absolute Gasteiger partial charge is 0.308 e. The van der Waals surface area contributed by atoms with E-state index < -0.39 is 0 Å². The van der Waals surface area contributed by atoms with Crippen molar-refractivity contribution in [3.8, 4) is 5.75 Å². The number of fused-ring (bicyclic) bond motifs is 5. The molecular formula is C41H57NO5. The molecule has 0 heterocycles. The number of nitrogens with zero attached hydrogens (tertiary/aromatic N) is 1. The lowest BCUT2D eigenvalue weighted by molar-refractivity contribution is -0.155. The summed E-state index contributed by atoms with van der Waals surface area (Å²) in [4.78, 5) is 38.0. The number of unbranched alkanes of at least 4 members (excludes halogenated alkanes) is 5. The Kier molecular flexibility index (Phi) is 11.8. The van der Waals surface area contributed by atoms with Gasteiger partial charge in [0.05, 0.1) is 0 Å². The van der Waals surface area contributed by atoms with Crippen LogP contribution in [0.1, 0.15) is 139 Å². The van der Waals surface area contributed by atoms with Crippen molar-refractivity contribution in [2.24, 2.45) is 17.3 Å². The maximum absolute atomic E-state index is 12.3. The van der Waals surface area contributed by atoms with Gasteiger partial charge >= 0.3 is 11.9 Å². The molecule has 1 amide bonds. The van der Waals surface area contributed by atoms with E-state index in [2.05, 4.69) is 50.2 Å². The molecule has 2 aromatic rings. The second kappa shape index (κ2) is 15.8. The Morgan fingerprint density at radius 2 is 1.64 bits per heavy atom. The summed E-state index contributed by atoms with van der Waals surface area (Å²) in [5.74, 6) is 2.23. The predicted molar refractivity (Wildman–Crippen MR) is 186 cm³/mol. The number of rotatable bonds is 14. The number of hydrogen-bond acceptors (Lipinski definition) is 5. The Hall–Kier alpha value is -3.15. The topological polar surface area (TPSA) is 72.9 Å². The fourth-order valence-corrected chi connectivity index (χ4v) is 9.37. The van der Waals surface area contributed by atoms with Crippen LogP contribution in [0.3, 0.4) is 0 Å². The number of carbonyl (C=O) groups excluding carboxylic acids is 3. The van der Waals surface area contributed by atoms with Crippen LogP contribution in [0.25, 0.3) is 0 Å². The van der Waals surface area contributed by atoms with Crippen LogP contribution in [0.5, 0.6) is 5.75 Å². The molecule has 47 heavy (non-hydrogen) atoms. The lowest BCUT2D eigenvalue weighted by atomic mass is 9.51. The molecule has 6 nitrogen and oxygen atoms in total. The van der Waals surface area contributed by atoms with Crippen molar-refractivity contribution in [1.82, 2.24) is 4.90 Å². The SMILES string of the molecule is CCCCN(C)C(=O)CCCCCCCc1ccc([C@H]2C[C@]3(C)[C@@H](OC(C)=O)CC[C@H]3[C@@H]3CCc4cc(OC(C)=O)ccc4[C@H]32)cc1. The molecule has 3 aliphatic carbocycles. The highest BCUT2D eigenvalue weighted by Gasteiger charge is 2.59. The fraction of sp³-hybridized carbons (Fsp3) is 0.634. The first-order valence-electron chi connectivity index (χ1n) is 18.4. The summed E-state index contributed by atoms with van der Waals surface area (Å²) in [6, 6.07) is 15.6. The van der Waals surface area contributed by atoms with Gasteiger partial charge in [-0.3, -0.25) is 14.4 Å². The zero-order valence-corrected chi connectivity index (χ0v) is 29.5. The number of aryl methyl sites for hydroxylation is 2. The van der Waals surface area contributed by atoms with Gasteiger partial charge in [0, 0.05) is 39.3 Å². The largest absolute Gasteiger partial charge is 0.462 e.